The van der Waals surface area contributed by atoms with Crippen molar-refractivity contribution in [3.05, 3.63) is 28.8 Å². The van der Waals surface area contributed by atoms with Gasteiger partial charge >= 0.3 is 0 Å². The average Bonchev–Trinajstić information content (AvgIpc) is 2.07. The second kappa shape index (κ2) is 4.25. The molecule has 0 radical (unpaired) electrons. The first kappa shape index (κ1) is 9.25. The molecule has 62 valence electrons. The van der Waals surface area contributed by atoms with Gasteiger partial charge in [-0.05, 0) is 18.2 Å². The van der Waals surface area contributed by atoms with E-state index in [0.717, 1.165) is 0 Å². The van der Waals surface area contributed by atoms with Gasteiger partial charge in [0.05, 0.1) is 10.9 Å². The molecule has 0 amide bonds. The number of hydrogen-bond acceptors (Lipinski definition) is 1. The van der Waals surface area contributed by atoms with Crippen molar-refractivity contribution in [2.24, 2.45) is 0 Å². The lowest BCUT2D eigenvalue weighted by molar-refractivity contribution is 0.475. The summed E-state index contributed by atoms with van der Waals surface area (Å²) in [7, 11) is 0. The van der Waals surface area contributed by atoms with Crippen LogP contribution >= 0.6 is 23.2 Å². The molecule has 1 aromatic carbocycles. The summed E-state index contributed by atoms with van der Waals surface area (Å²) in [5.74, 6) is 5.79. The van der Waals surface area contributed by atoms with Gasteiger partial charge in [-0.1, -0.05) is 23.4 Å². The predicted molar refractivity (Wildman–Crippen MR) is 50.7 cm³/mol. The molecule has 0 spiro atoms. The van der Waals surface area contributed by atoms with Crippen LogP contribution in [-0.4, -0.2) is 11.0 Å². The van der Waals surface area contributed by atoms with Crippen molar-refractivity contribution in [3.63, 3.8) is 0 Å². The Morgan fingerprint density at radius 2 is 2.17 bits per heavy atom. The van der Waals surface area contributed by atoms with Crippen LogP contribution in [0.4, 0.5) is 0 Å². The van der Waals surface area contributed by atoms with Crippen molar-refractivity contribution >= 4 is 23.2 Å². The SMILES string of the molecule is Oc1ccc(Cl)c(C#CCCl)c1. The Labute approximate surface area is 80.9 Å². The first-order chi connectivity index (χ1) is 5.74. The van der Waals surface area contributed by atoms with Gasteiger partial charge in [0.15, 0.2) is 0 Å². The monoisotopic (exact) mass is 200 g/mol. The molecule has 1 rings (SSSR count). The molecular formula is C9H6Cl2O. The number of halogens is 2. The fraction of sp³-hybridized carbons (Fsp3) is 0.111. The Balaban J connectivity index is 3.05. The van der Waals surface area contributed by atoms with E-state index in [2.05, 4.69) is 11.8 Å². The van der Waals surface area contributed by atoms with Crippen LogP contribution in [0.1, 0.15) is 5.56 Å². The smallest absolute Gasteiger partial charge is 0.116 e. The molecule has 0 bridgehead atoms. The zero-order valence-electron chi connectivity index (χ0n) is 6.14. The molecule has 0 aliphatic carbocycles. The highest BCUT2D eigenvalue weighted by Gasteiger charge is 1.96. The van der Waals surface area contributed by atoms with Gasteiger partial charge in [0, 0.05) is 5.56 Å². The van der Waals surface area contributed by atoms with E-state index in [9.17, 15) is 0 Å². The zero-order chi connectivity index (χ0) is 8.97. The molecule has 0 aliphatic heterocycles. The normalized spacial score (nSPS) is 8.83. The molecule has 0 saturated heterocycles. The number of alkyl halides is 1. The Kier molecular flexibility index (Phi) is 3.28. The third kappa shape index (κ3) is 2.34. The maximum absolute atomic E-state index is 9.08. The molecule has 0 atom stereocenters. The second-order valence-corrected chi connectivity index (χ2v) is 2.77. The maximum atomic E-state index is 9.08. The number of aromatic hydroxyl groups is 1. The van der Waals surface area contributed by atoms with Crippen molar-refractivity contribution in [2.45, 2.75) is 0 Å². The van der Waals surface area contributed by atoms with E-state index in [1.165, 1.54) is 12.1 Å². The maximum Gasteiger partial charge on any atom is 0.116 e. The van der Waals surface area contributed by atoms with Crippen molar-refractivity contribution < 1.29 is 5.11 Å². The van der Waals surface area contributed by atoms with Crippen LogP contribution in [0.5, 0.6) is 5.75 Å². The van der Waals surface area contributed by atoms with Crippen LogP contribution in [0, 0.1) is 11.8 Å². The lowest BCUT2D eigenvalue weighted by atomic mass is 10.2. The molecule has 0 unspecified atom stereocenters. The number of rotatable bonds is 0. The molecule has 1 aromatic rings. The van der Waals surface area contributed by atoms with Crippen LogP contribution < -0.4 is 0 Å². The number of hydrogen-bond donors (Lipinski definition) is 1. The van der Waals surface area contributed by atoms with Crippen LogP contribution in [0.15, 0.2) is 18.2 Å². The van der Waals surface area contributed by atoms with Crippen molar-refractivity contribution in [1.82, 2.24) is 0 Å². The highest BCUT2D eigenvalue weighted by molar-refractivity contribution is 6.31. The van der Waals surface area contributed by atoms with Crippen molar-refractivity contribution in [1.29, 1.82) is 0 Å². The minimum Gasteiger partial charge on any atom is -0.508 e. The lowest BCUT2D eigenvalue weighted by Crippen LogP contribution is -1.76. The summed E-state index contributed by atoms with van der Waals surface area (Å²) >= 11 is 11.1. The van der Waals surface area contributed by atoms with Gasteiger partial charge < -0.3 is 5.11 Å². The quantitative estimate of drug-likeness (QED) is 0.505. The summed E-state index contributed by atoms with van der Waals surface area (Å²) in [5.41, 5.74) is 0.595. The van der Waals surface area contributed by atoms with Gasteiger partial charge in [-0.25, -0.2) is 0 Å². The summed E-state index contributed by atoms with van der Waals surface area (Å²) in [6, 6.07) is 4.60. The van der Waals surface area contributed by atoms with Crippen molar-refractivity contribution in [2.75, 3.05) is 5.88 Å². The molecule has 3 heteroatoms. The number of benzene rings is 1. The van der Waals surface area contributed by atoms with E-state index >= 15 is 0 Å². The van der Waals surface area contributed by atoms with E-state index in [0.29, 0.717) is 10.6 Å². The molecule has 0 saturated carbocycles. The third-order valence-corrected chi connectivity index (χ3v) is 1.70. The van der Waals surface area contributed by atoms with Gasteiger partial charge in [-0.15, -0.1) is 11.6 Å². The van der Waals surface area contributed by atoms with Crippen LogP contribution in [0.2, 0.25) is 5.02 Å². The number of phenols is 1. The minimum atomic E-state index is 0.151. The summed E-state index contributed by atoms with van der Waals surface area (Å²) in [6.45, 7) is 0. The lowest BCUT2D eigenvalue weighted by Gasteiger charge is -1.95. The Morgan fingerprint density at radius 3 is 2.83 bits per heavy atom. The average molecular weight is 201 g/mol. The number of phenolic OH excluding ortho intramolecular Hbond substituents is 1. The molecule has 12 heavy (non-hydrogen) atoms. The zero-order valence-corrected chi connectivity index (χ0v) is 7.65. The first-order valence-corrected chi connectivity index (χ1v) is 4.18. The molecule has 1 nitrogen and oxygen atoms in total. The fourth-order valence-electron chi connectivity index (χ4n) is 0.738. The van der Waals surface area contributed by atoms with E-state index in [-0.39, 0.29) is 11.6 Å². The molecule has 0 aromatic heterocycles. The Morgan fingerprint density at radius 1 is 1.42 bits per heavy atom. The van der Waals surface area contributed by atoms with Gasteiger partial charge in [0.25, 0.3) is 0 Å². The third-order valence-electron chi connectivity index (χ3n) is 1.24. The summed E-state index contributed by atoms with van der Waals surface area (Å²) in [6.07, 6.45) is 0. The van der Waals surface area contributed by atoms with Gasteiger partial charge in [-0.2, -0.15) is 0 Å². The van der Waals surface area contributed by atoms with Crippen LogP contribution in [0.3, 0.4) is 0 Å². The van der Waals surface area contributed by atoms with Crippen molar-refractivity contribution in [3.8, 4) is 17.6 Å². The van der Waals surface area contributed by atoms with Crippen LogP contribution in [-0.2, 0) is 0 Å². The topological polar surface area (TPSA) is 20.2 Å². The molecule has 0 fully saturated rings. The van der Waals surface area contributed by atoms with Gasteiger partial charge in [0.2, 0.25) is 0 Å². The standard InChI is InChI=1S/C9H6Cl2O/c10-5-1-2-7-6-8(12)3-4-9(7)11/h3-4,6,12H,5H2. The largest absolute Gasteiger partial charge is 0.508 e. The minimum absolute atomic E-state index is 0.151. The second-order valence-electron chi connectivity index (χ2n) is 2.10. The van der Waals surface area contributed by atoms with E-state index in [1.54, 1.807) is 6.07 Å². The molecule has 0 aliphatic rings. The molecular weight excluding hydrogens is 195 g/mol. The first-order valence-electron chi connectivity index (χ1n) is 3.27. The Hall–Kier alpha value is -0.840. The van der Waals surface area contributed by atoms with E-state index < -0.39 is 0 Å². The summed E-state index contributed by atoms with van der Waals surface area (Å²) in [4.78, 5) is 0. The van der Waals surface area contributed by atoms with Crippen LogP contribution in [0.25, 0.3) is 0 Å². The molecule has 1 N–H and O–H groups in total. The highest BCUT2D eigenvalue weighted by Crippen LogP contribution is 2.19. The summed E-state index contributed by atoms with van der Waals surface area (Å²) in [5, 5.41) is 9.60. The van der Waals surface area contributed by atoms with E-state index in [4.69, 9.17) is 28.3 Å². The fourth-order valence-corrected chi connectivity index (χ4v) is 0.969. The Bertz CT molecular complexity index is 336. The molecule has 0 heterocycles. The van der Waals surface area contributed by atoms with E-state index in [1.807, 2.05) is 0 Å². The predicted octanol–water partition coefficient (Wildman–Crippen LogP) is 2.64. The van der Waals surface area contributed by atoms with Gasteiger partial charge in [-0.3, -0.25) is 0 Å². The highest BCUT2D eigenvalue weighted by atomic mass is 35.5. The summed E-state index contributed by atoms with van der Waals surface area (Å²) < 4.78 is 0. The van der Waals surface area contributed by atoms with Gasteiger partial charge in [0.1, 0.15) is 5.75 Å².